The lowest BCUT2D eigenvalue weighted by atomic mass is 9.86. The Morgan fingerprint density at radius 2 is 2.11 bits per heavy atom. The van der Waals surface area contributed by atoms with Gasteiger partial charge in [0.1, 0.15) is 17.5 Å². The van der Waals surface area contributed by atoms with E-state index in [9.17, 15) is 9.90 Å². The summed E-state index contributed by atoms with van der Waals surface area (Å²) in [4.78, 5) is 11.5. The van der Waals surface area contributed by atoms with Gasteiger partial charge in [0, 0.05) is 11.1 Å². The van der Waals surface area contributed by atoms with E-state index >= 15 is 0 Å². The molecule has 0 amide bonds. The molecule has 0 aromatic heterocycles. The van der Waals surface area contributed by atoms with Crippen LogP contribution in [0, 0.1) is 3.57 Å². The van der Waals surface area contributed by atoms with Crippen LogP contribution >= 0.6 is 22.6 Å². The number of fused-ring (bicyclic) bond motifs is 1. The second kappa shape index (κ2) is 4.47. The van der Waals surface area contributed by atoms with Gasteiger partial charge in [-0.15, -0.1) is 0 Å². The molecule has 1 aliphatic rings. The first-order valence-corrected chi connectivity index (χ1v) is 6.79. The first-order chi connectivity index (χ1) is 8.24. The standard InChI is InChI=1S/C13H16INO3/c1-6(16)7-4-8-10(15)12(17)13(2,3)18-11(8)9(14)5-7/h4-5,10,12,17H,15H2,1-3H3/t10?,12-/m0/s1. The maximum absolute atomic E-state index is 11.5. The van der Waals surface area contributed by atoms with Crippen LogP contribution in [-0.4, -0.2) is 22.6 Å². The molecule has 0 bridgehead atoms. The molecule has 1 unspecified atom stereocenters. The Bertz CT molecular complexity index is 513. The predicted octanol–water partition coefficient (Wildman–Crippen LogP) is 2.03. The van der Waals surface area contributed by atoms with Crippen molar-refractivity contribution in [2.75, 3.05) is 0 Å². The number of ether oxygens (including phenoxy) is 1. The first-order valence-electron chi connectivity index (χ1n) is 5.71. The predicted molar refractivity (Wildman–Crippen MR) is 76.8 cm³/mol. The Hall–Kier alpha value is -0.660. The molecule has 98 valence electrons. The van der Waals surface area contributed by atoms with Gasteiger partial charge in [-0.2, -0.15) is 0 Å². The number of hydrogen-bond donors (Lipinski definition) is 2. The fourth-order valence-corrected chi connectivity index (χ4v) is 2.86. The molecule has 0 radical (unpaired) electrons. The zero-order valence-electron chi connectivity index (χ0n) is 10.5. The van der Waals surface area contributed by atoms with Crippen LogP contribution in [0.25, 0.3) is 0 Å². The van der Waals surface area contributed by atoms with Crippen LogP contribution in [0.4, 0.5) is 0 Å². The van der Waals surface area contributed by atoms with Gasteiger partial charge < -0.3 is 15.6 Å². The Morgan fingerprint density at radius 3 is 2.67 bits per heavy atom. The molecule has 1 heterocycles. The Balaban J connectivity index is 2.61. The molecule has 3 N–H and O–H groups in total. The highest BCUT2D eigenvalue weighted by molar-refractivity contribution is 14.1. The average molecular weight is 361 g/mol. The molecule has 0 saturated heterocycles. The van der Waals surface area contributed by atoms with Crippen molar-refractivity contribution in [2.45, 2.75) is 38.5 Å². The van der Waals surface area contributed by atoms with Crippen molar-refractivity contribution in [3.05, 3.63) is 26.8 Å². The van der Waals surface area contributed by atoms with E-state index in [1.807, 2.05) is 0 Å². The van der Waals surface area contributed by atoms with E-state index in [1.165, 1.54) is 6.92 Å². The zero-order valence-corrected chi connectivity index (χ0v) is 12.7. The van der Waals surface area contributed by atoms with Gasteiger partial charge in [0.05, 0.1) is 9.61 Å². The Morgan fingerprint density at radius 1 is 1.50 bits per heavy atom. The van der Waals surface area contributed by atoms with E-state index in [2.05, 4.69) is 22.6 Å². The topological polar surface area (TPSA) is 72.6 Å². The van der Waals surface area contributed by atoms with E-state index in [0.29, 0.717) is 16.9 Å². The lowest BCUT2D eigenvalue weighted by Crippen LogP contribution is -2.51. The summed E-state index contributed by atoms with van der Waals surface area (Å²) in [5.74, 6) is 0.644. The van der Waals surface area contributed by atoms with Crippen LogP contribution in [0.3, 0.4) is 0 Å². The Kier molecular flexibility index (Phi) is 3.42. The molecule has 1 aliphatic heterocycles. The number of rotatable bonds is 1. The fourth-order valence-electron chi connectivity index (χ4n) is 2.10. The summed E-state index contributed by atoms with van der Waals surface area (Å²) in [7, 11) is 0. The minimum absolute atomic E-state index is 0.0257. The maximum Gasteiger partial charge on any atom is 0.159 e. The number of benzene rings is 1. The largest absolute Gasteiger partial charge is 0.484 e. The van der Waals surface area contributed by atoms with Crippen LogP contribution in [-0.2, 0) is 0 Å². The third kappa shape index (κ3) is 2.15. The van der Waals surface area contributed by atoms with Crippen LogP contribution < -0.4 is 10.5 Å². The summed E-state index contributed by atoms with van der Waals surface area (Å²) in [6.07, 6.45) is -0.803. The van der Waals surface area contributed by atoms with E-state index < -0.39 is 17.7 Å². The molecule has 5 heteroatoms. The van der Waals surface area contributed by atoms with Crippen LogP contribution in [0.1, 0.15) is 42.7 Å². The highest BCUT2D eigenvalue weighted by atomic mass is 127. The van der Waals surface area contributed by atoms with Crippen molar-refractivity contribution in [2.24, 2.45) is 5.73 Å². The van der Waals surface area contributed by atoms with Gasteiger partial charge in [-0.1, -0.05) is 0 Å². The van der Waals surface area contributed by atoms with Crippen LogP contribution in [0.5, 0.6) is 5.75 Å². The monoisotopic (exact) mass is 361 g/mol. The number of carbonyl (C=O) groups excluding carboxylic acids is 1. The van der Waals surface area contributed by atoms with Gasteiger partial charge in [0.15, 0.2) is 5.78 Å². The molecular weight excluding hydrogens is 345 g/mol. The number of nitrogens with two attached hydrogens (primary N) is 1. The van der Waals surface area contributed by atoms with Crippen molar-refractivity contribution in [1.29, 1.82) is 0 Å². The van der Waals surface area contributed by atoms with Gasteiger partial charge in [0.25, 0.3) is 0 Å². The lowest BCUT2D eigenvalue weighted by Gasteiger charge is -2.41. The van der Waals surface area contributed by atoms with Crippen molar-refractivity contribution >= 4 is 28.4 Å². The van der Waals surface area contributed by atoms with Crippen LogP contribution in [0.15, 0.2) is 12.1 Å². The molecule has 0 fully saturated rings. The summed E-state index contributed by atoms with van der Waals surface area (Å²) in [5, 5.41) is 10.1. The second-order valence-corrected chi connectivity index (χ2v) is 6.27. The highest BCUT2D eigenvalue weighted by Crippen LogP contribution is 2.41. The van der Waals surface area contributed by atoms with Gasteiger partial charge in [-0.3, -0.25) is 4.79 Å². The molecular formula is C13H16INO3. The van der Waals surface area contributed by atoms with Gasteiger partial charge in [-0.25, -0.2) is 0 Å². The van der Waals surface area contributed by atoms with Gasteiger partial charge in [0.2, 0.25) is 0 Å². The summed E-state index contributed by atoms with van der Waals surface area (Å²) in [6, 6.07) is 2.95. The summed E-state index contributed by atoms with van der Waals surface area (Å²) in [6.45, 7) is 5.11. The van der Waals surface area contributed by atoms with Crippen molar-refractivity contribution in [3.8, 4) is 5.75 Å². The van der Waals surface area contributed by atoms with Crippen LogP contribution in [0.2, 0.25) is 0 Å². The molecule has 18 heavy (non-hydrogen) atoms. The van der Waals surface area contributed by atoms with E-state index in [4.69, 9.17) is 10.5 Å². The molecule has 2 atom stereocenters. The number of halogens is 1. The Labute approximate surface area is 120 Å². The number of aliphatic hydroxyl groups is 1. The number of carbonyl (C=O) groups is 1. The minimum atomic E-state index is -0.803. The summed E-state index contributed by atoms with van der Waals surface area (Å²) < 4.78 is 6.66. The normalized spacial score (nSPS) is 25.2. The summed E-state index contributed by atoms with van der Waals surface area (Å²) in [5.41, 5.74) is 6.61. The zero-order chi connectivity index (χ0) is 13.7. The van der Waals surface area contributed by atoms with E-state index in [1.54, 1.807) is 26.0 Å². The second-order valence-electron chi connectivity index (χ2n) is 5.11. The molecule has 4 nitrogen and oxygen atoms in total. The smallest absolute Gasteiger partial charge is 0.159 e. The molecule has 0 spiro atoms. The first kappa shape index (κ1) is 13.8. The molecule has 1 aromatic rings. The maximum atomic E-state index is 11.5. The van der Waals surface area contributed by atoms with Crippen molar-refractivity contribution in [1.82, 2.24) is 0 Å². The third-order valence-electron chi connectivity index (χ3n) is 3.26. The van der Waals surface area contributed by atoms with E-state index in [0.717, 1.165) is 3.57 Å². The highest BCUT2D eigenvalue weighted by Gasteiger charge is 2.42. The van der Waals surface area contributed by atoms with Crippen molar-refractivity contribution in [3.63, 3.8) is 0 Å². The molecule has 2 rings (SSSR count). The number of aliphatic hydroxyl groups excluding tert-OH is 1. The molecule has 0 aliphatic carbocycles. The van der Waals surface area contributed by atoms with Gasteiger partial charge >= 0.3 is 0 Å². The van der Waals surface area contributed by atoms with E-state index in [-0.39, 0.29) is 5.78 Å². The third-order valence-corrected chi connectivity index (χ3v) is 4.06. The molecule has 0 saturated carbocycles. The average Bonchev–Trinajstić information content (AvgIpc) is 2.27. The SMILES string of the molecule is CC(=O)c1cc(I)c2c(c1)C(N)[C@H](O)C(C)(C)O2. The summed E-state index contributed by atoms with van der Waals surface area (Å²) >= 11 is 2.12. The molecule has 1 aromatic carbocycles. The van der Waals surface area contributed by atoms with Crippen molar-refractivity contribution < 1.29 is 14.6 Å². The fraction of sp³-hybridized carbons (Fsp3) is 0.462. The number of Topliss-reactive ketones (excluding diaryl/α,β-unsaturated/α-hetero) is 1. The lowest BCUT2D eigenvalue weighted by molar-refractivity contribution is -0.0577. The number of hydrogen-bond acceptors (Lipinski definition) is 4. The minimum Gasteiger partial charge on any atom is -0.484 e. The number of ketones is 1. The van der Waals surface area contributed by atoms with Gasteiger partial charge in [-0.05, 0) is 55.5 Å². The quantitative estimate of drug-likeness (QED) is 0.593.